The first-order valence-electron chi connectivity index (χ1n) is 7.21. The van der Waals surface area contributed by atoms with Crippen LogP contribution in [0.5, 0.6) is 0 Å². The highest BCUT2D eigenvalue weighted by molar-refractivity contribution is 5.44. The molecule has 1 aromatic heterocycles. The van der Waals surface area contributed by atoms with Crippen LogP contribution in [0.25, 0.3) is 0 Å². The van der Waals surface area contributed by atoms with Gasteiger partial charge in [0.1, 0.15) is 5.82 Å². The van der Waals surface area contributed by atoms with Gasteiger partial charge in [0, 0.05) is 24.8 Å². The van der Waals surface area contributed by atoms with Crippen molar-refractivity contribution in [3.8, 4) is 0 Å². The van der Waals surface area contributed by atoms with Crippen LogP contribution in [0.3, 0.4) is 0 Å². The second-order valence-electron chi connectivity index (χ2n) is 5.27. The number of hydrogen-bond acceptors (Lipinski definition) is 3. The lowest BCUT2D eigenvalue weighted by Crippen LogP contribution is -2.33. The van der Waals surface area contributed by atoms with E-state index in [-0.39, 0.29) is 0 Å². The molecule has 1 saturated heterocycles. The Morgan fingerprint density at radius 3 is 2.89 bits per heavy atom. The third-order valence-electron chi connectivity index (χ3n) is 3.87. The Labute approximate surface area is 110 Å². The zero-order chi connectivity index (χ0) is 13.0. The van der Waals surface area contributed by atoms with Gasteiger partial charge in [-0.25, -0.2) is 4.98 Å². The smallest absolute Gasteiger partial charge is 0.129 e. The van der Waals surface area contributed by atoms with Crippen LogP contribution in [0.15, 0.2) is 12.1 Å². The van der Waals surface area contributed by atoms with Crippen LogP contribution in [0.4, 0.5) is 5.82 Å². The molecule has 1 aliphatic rings. The Kier molecular flexibility index (Phi) is 4.59. The SMILES string of the molecule is CCc1cc(CN)cc(N2CCCCCC2C)n1. The van der Waals surface area contributed by atoms with Gasteiger partial charge in [-0.2, -0.15) is 0 Å². The molecule has 1 fully saturated rings. The summed E-state index contributed by atoms with van der Waals surface area (Å²) in [5.74, 6) is 1.13. The summed E-state index contributed by atoms with van der Waals surface area (Å²) in [6, 6.07) is 4.89. The van der Waals surface area contributed by atoms with E-state index in [1.165, 1.54) is 31.2 Å². The lowest BCUT2D eigenvalue weighted by Gasteiger charge is -2.29. The molecule has 2 rings (SSSR count). The van der Waals surface area contributed by atoms with E-state index in [1.54, 1.807) is 0 Å². The summed E-state index contributed by atoms with van der Waals surface area (Å²) in [4.78, 5) is 7.25. The molecule has 0 radical (unpaired) electrons. The predicted octanol–water partition coefficient (Wildman–Crippen LogP) is 2.87. The summed E-state index contributed by atoms with van der Waals surface area (Å²) in [7, 11) is 0. The van der Waals surface area contributed by atoms with Crippen molar-refractivity contribution in [3.63, 3.8) is 0 Å². The van der Waals surface area contributed by atoms with Crippen molar-refractivity contribution in [3.05, 3.63) is 23.4 Å². The fourth-order valence-electron chi connectivity index (χ4n) is 2.69. The van der Waals surface area contributed by atoms with E-state index in [0.29, 0.717) is 12.6 Å². The van der Waals surface area contributed by atoms with Crippen LogP contribution >= 0.6 is 0 Å². The molecule has 0 amide bonds. The van der Waals surface area contributed by atoms with E-state index in [0.717, 1.165) is 24.5 Å². The molecule has 1 aromatic rings. The normalized spacial score (nSPS) is 20.8. The minimum Gasteiger partial charge on any atom is -0.354 e. The highest BCUT2D eigenvalue weighted by Crippen LogP contribution is 2.24. The molecule has 0 spiro atoms. The van der Waals surface area contributed by atoms with Crippen LogP contribution in [0, 0.1) is 0 Å². The molecule has 1 atom stereocenters. The number of anilines is 1. The first kappa shape index (κ1) is 13.3. The minimum absolute atomic E-state index is 0.595. The number of hydrogen-bond donors (Lipinski definition) is 1. The van der Waals surface area contributed by atoms with E-state index in [1.807, 2.05) is 0 Å². The van der Waals surface area contributed by atoms with Gasteiger partial charge < -0.3 is 10.6 Å². The predicted molar refractivity (Wildman–Crippen MR) is 76.8 cm³/mol. The zero-order valence-corrected chi connectivity index (χ0v) is 11.7. The van der Waals surface area contributed by atoms with Gasteiger partial charge >= 0.3 is 0 Å². The van der Waals surface area contributed by atoms with E-state index in [2.05, 4.69) is 30.9 Å². The molecule has 3 heteroatoms. The molecule has 2 heterocycles. The molecule has 2 N–H and O–H groups in total. The third-order valence-corrected chi connectivity index (χ3v) is 3.87. The van der Waals surface area contributed by atoms with E-state index >= 15 is 0 Å². The summed E-state index contributed by atoms with van der Waals surface area (Å²) in [6.07, 6.45) is 6.21. The van der Waals surface area contributed by atoms with Crippen molar-refractivity contribution in [2.75, 3.05) is 11.4 Å². The monoisotopic (exact) mass is 247 g/mol. The fourth-order valence-corrected chi connectivity index (χ4v) is 2.69. The van der Waals surface area contributed by atoms with Crippen LogP contribution in [-0.2, 0) is 13.0 Å². The Bertz CT molecular complexity index is 367. The lowest BCUT2D eigenvalue weighted by molar-refractivity contribution is 0.610. The zero-order valence-electron chi connectivity index (χ0n) is 11.7. The van der Waals surface area contributed by atoms with Gasteiger partial charge in [0.2, 0.25) is 0 Å². The highest BCUT2D eigenvalue weighted by Gasteiger charge is 2.18. The second-order valence-corrected chi connectivity index (χ2v) is 5.27. The van der Waals surface area contributed by atoms with Crippen molar-refractivity contribution in [2.45, 2.75) is 58.5 Å². The first-order chi connectivity index (χ1) is 8.74. The van der Waals surface area contributed by atoms with Crippen LogP contribution < -0.4 is 10.6 Å². The van der Waals surface area contributed by atoms with Gasteiger partial charge in [0.25, 0.3) is 0 Å². The molecule has 18 heavy (non-hydrogen) atoms. The molecule has 0 aliphatic carbocycles. The Hall–Kier alpha value is -1.09. The van der Waals surface area contributed by atoms with Gasteiger partial charge in [0.15, 0.2) is 0 Å². The van der Waals surface area contributed by atoms with E-state index < -0.39 is 0 Å². The molecule has 0 saturated carbocycles. The lowest BCUT2D eigenvalue weighted by atomic mass is 10.1. The summed E-state index contributed by atoms with van der Waals surface area (Å²) >= 11 is 0. The summed E-state index contributed by atoms with van der Waals surface area (Å²) in [6.45, 7) is 6.20. The molecule has 1 unspecified atom stereocenters. The molecule has 1 aliphatic heterocycles. The van der Waals surface area contributed by atoms with Crippen molar-refractivity contribution >= 4 is 5.82 Å². The Morgan fingerprint density at radius 1 is 1.33 bits per heavy atom. The van der Waals surface area contributed by atoms with Gasteiger partial charge in [-0.15, -0.1) is 0 Å². The number of rotatable bonds is 3. The van der Waals surface area contributed by atoms with Gasteiger partial charge in [-0.3, -0.25) is 0 Å². The van der Waals surface area contributed by atoms with Crippen LogP contribution in [0.2, 0.25) is 0 Å². The number of aromatic nitrogens is 1. The number of nitrogens with two attached hydrogens (primary N) is 1. The van der Waals surface area contributed by atoms with Crippen molar-refractivity contribution in [2.24, 2.45) is 5.73 Å². The molecular weight excluding hydrogens is 222 g/mol. The van der Waals surface area contributed by atoms with Crippen LogP contribution in [0.1, 0.15) is 50.8 Å². The van der Waals surface area contributed by atoms with Crippen molar-refractivity contribution < 1.29 is 0 Å². The van der Waals surface area contributed by atoms with Gasteiger partial charge in [0.05, 0.1) is 0 Å². The number of pyridine rings is 1. The summed E-state index contributed by atoms with van der Waals surface area (Å²) in [5.41, 5.74) is 8.15. The fraction of sp³-hybridized carbons (Fsp3) is 0.667. The standard InChI is InChI=1S/C15H25N3/c1-3-14-9-13(11-16)10-15(17-14)18-8-6-4-5-7-12(18)2/h9-10,12H,3-8,11,16H2,1-2H3. The van der Waals surface area contributed by atoms with Gasteiger partial charge in [-0.05, 0) is 43.9 Å². The average molecular weight is 247 g/mol. The summed E-state index contributed by atoms with van der Waals surface area (Å²) in [5, 5.41) is 0. The molecule has 0 bridgehead atoms. The second kappa shape index (κ2) is 6.19. The molecule has 3 nitrogen and oxygen atoms in total. The van der Waals surface area contributed by atoms with Gasteiger partial charge in [-0.1, -0.05) is 19.8 Å². The topological polar surface area (TPSA) is 42.1 Å². The molecule has 0 aromatic carbocycles. The first-order valence-corrected chi connectivity index (χ1v) is 7.21. The molecule has 100 valence electrons. The number of nitrogens with zero attached hydrogens (tertiary/aromatic N) is 2. The summed E-state index contributed by atoms with van der Waals surface area (Å²) < 4.78 is 0. The maximum Gasteiger partial charge on any atom is 0.129 e. The maximum atomic E-state index is 5.79. The largest absolute Gasteiger partial charge is 0.354 e. The quantitative estimate of drug-likeness (QED) is 0.893. The minimum atomic E-state index is 0.595. The van der Waals surface area contributed by atoms with Crippen molar-refractivity contribution in [1.29, 1.82) is 0 Å². The third kappa shape index (κ3) is 3.02. The Balaban J connectivity index is 2.29. The number of aryl methyl sites for hydroxylation is 1. The molecular formula is C15H25N3. The maximum absolute atomic E-state index is 5.79. The van der Waals surface area contributed by atoms with Crippen LogP contribution in [-0.4, -0.2) is 17.6 Å². The van der Waals surface area contributed by atoms with E-state index in [9.17, 15) is 0 Å². The van der Waals surface area contributed by atoms with Crippen molar-refractivity contribution in [1.82, 2.24) is 4.98 Å². The Morgan fingerprint density at radius 2 is 2.17 bits per heavy atom. The average Bonchev–Trinajstić information content (AvgIpc) is 2.62. The van der Waals surface area contributed by atoms with E-state index in [4.69, 9.17) is 10.7 Å². The highest BCUT2D eigenvalue weighted by atomic mass is 15.2.